The molecule has 164 valence electrons. The molecule has 0 atom stereocenters. The Morgan fingerprint density at radius 2 is 1.97 bits per heavy atom. The number of carbonyl (C=O) groups is 1. The monoisotopic (exact) mass is 454 g/mol. The number of amides is 1. The van der Waals surface area contributed by atoms with Gasteiger partial charge in [0.15, 0.2) is 6.61 Å². The van der Waals surface area contributed by atoms with Gasteiger partial charge in [-0.25, -0.2) is 4.68 Å². The zero-order valence-corrected chi connectivity index (χ0v) is 18.9. The molecule has 0 aliphatic carbocycles. The summed E-state index contributed by atoms with van der Waals surface area (Å²) in [5, 5.41) is 9.69. The van der Waals surface area contributed by atoms with E-state index in [0.717, 1.165) is 27.2 Å². The second-order valence-electron chi connectivity index (χ2n) is 7.72. The molecule has 33 heavy (non-hydrogen) atoms. The van der Waals surface area contributed by atoms with Gasteiger partial charge >= 0.3 is 0 Å². The fourth-order valence-corrected chi connectivity index (χ4v) is 4.41. The zero-order chi connectivity index (χ0) is 22.6. The molecule has 0 unspecified atom stereocenters. The van der Waals surface area contributed by atoms with Gasteiger partial charge in [0.2, 0.25) is 4.80 Å². The number of carbonyl (C=O) groups excluding carboxylic acids is 1. The Bertz CT molecular complexity index is 1400. The summed E-state index contributed by atoms with van der Waals surface area (Å²) in [7, 11) is 0. The summed E-state index contributed by atoms with van der Waals surface area (Å²) in [5.74, 6) is 0.506. The van der Waals surface area contributed by atoms with Crippen molar-refractivity contribution in [3.63, 3.8) is 0 Å². The van der Waals surface area contributed by atoms with E-state index in [1.807, 2.05) is 64.8 Å². The van der Waals surface area contributed by atoms with Crippen molar-refractivity contribution in [3.8, 4) is 17.0 Å². The number of thiazole rings is 1. The van der Waals surface area contributed by atoms with Crippen LogP contribution in [0.15, 0.2) is 88.3 Å². The van der Waals surface area contributed by atoms with Crippen LogP contribution in [0.25, 0.3) is 11.3 Å². The highest BCUT2D eigenvalue weighted by Crippen LogP contribution is 2.32. The maximum absolute atomic E-state index is 11.8. The van der Waals surface area contributed by atoms with Crippen LogP contribution in [0.3, 0.4) is 0 Å². The van der Waals surface area contributed by atoms with E-state index in [2.05, 4.69) is 36.5 Å². The molecule has 0 radical (unpaired) electrons. The Morgan fingerprint density at radius 1 is 1.09 bits per heavy atom. The van der Waals surface area contributed by atoms with Gasteiger partial charge in [-0.15, -0.1) is 11.3 Å². The SMILES string of the molecule is Cc1cccc(C=Nn2c(-c3ccc4c(c3)NC(=O)CO4)csc2=NCc2ccccc2)c1. The highest BCUT2D eigenvalue weighted by Gasteiger charge is 2.17. The van der Waals surface area contributed by atoms with Crippen LogP contribution in [0.1, 0.15) is 16.7 Å². The maximum atomic E-state index is 11.8. The number of hydrogen-bond acceptors (Lipinski definition) is 5. The molecule has 1 aliphatic heterocycles. The quantitative estimate of drug-likeness (QED) is 0.439. The van der Waals surface area contributed by atoms with Crippen molar-refractivity contribution in [2.24, 2.45) is 10.1 Å². The predicted octanol–water partition coefficient (Wildman–Crippen LogP) is 4.84. The molecule has 0 saturated carbocycles. The first-order valence-electron chi connectivity index (χ1n) is 10.6. The largest absolute Gasteiger partial charge is 0.482 e. The Labute approximate surface area is 195 Å². The lowest BCUT2D eigenvalue weighted by molar-refractivity contribution is -0.118. The van der Waals surface area contributed by atoms with Gasteiger partial charge in [-0.3, -0.25) is 9.79 Å². The normalized spacial score (nSPS) is 13.6. The molecule has 1 aliphatic rings. The lowest BCUT2D eigenvalue weighted by Crippen LogP contribution is -2.25. The molecule has 6 nitrogen and oxygen atoms in total. The first kappa shape index (κ1) is 20.9. The first-order chi connectivity index (χ1) is 16.2. The third-order valence-corrected chi connectivity index (χ3v) is 6.05. The van der Waals surface area contributed by atoms with Gasteiger partial charge in [-0.1, -0.05) is 60.2 Å². The smallest absolute Gasteiger partial charge is 0.262 e. The molecule has 1 amide bonds. The van der Waals surface area contributed by atoms with Crippen molar-refractivity contribution >= 4 is 29.1 Å². The number of aromatic nitrogens is 1. The van der Waals surface area contributed by atoms with E-state index >= 15 is 0 Å². The van der Waals surface area contributed by atoms with Crippen molar-refractivity contribution in [1.29, 1.82) is 0 Å². The molecule has 7 heteroatoms. The van der Waals surface area contributed by atoms with Gasteiger partial charge in [0.25, 0.3) is 5.91 Å². The molecule has 1 aromatic heterocycles. The van der Waals surface area contributed by atoms with E-state index in [-0.39, 0.29) is 12.5 Å². The van der Waals surface area contributed by atoms with Crippen molar-refractivity contribution in [3.05, 3.63) is 99.7 Å². The van der Waals surface area contributed by atoms with E-state index in [9.17, 15) is 4.79 Å². The fraction of sp³-hybridized carbons (Fsp3) is 0.115. The van der Waals surface area contributed by atoms with Crippen LogP contribution in [0, 0.1) is 6.92 Å². The summed E-state index contributed by atoms with van der Waals surface area (Å²) in [6.07, 6.45) is 1.84. The molecule has 0 bridgehead atoms. The Morgan fingerprint density at radius 3 is 2.82 bits per heavy atom. The highest BCUT2D eigenvalue weighted by atomic mass is 32.1. The number of nitrogens with one attached hydrogen (secondary N) is 1. The minimum Gasteiger partial charge on any atom is -0.482 e. The van der Waals surface area contributed by atoms with E-state index in [1.165, 1.54) is 16.9 Å². The van der Waals surface area contributed by atoms with Crippen molar-refractivity contribution in [2.45, 2.75) is 13.5 Å². The number of aryl methyl sites for hydroxylation is 1. The first-order valence-corrected chi connectivity index (χ1v) is 11.5. The Kier molecular flexibility index (Phi) is 5.87. The molecule has 0 saturated heterocycles. The van der Waals surface area contributed by atoms with Crippen molar-refractivity contribution in [2.75, 3.05) is 11.9 Å². The van der Waals surface area contributed by atoms with Gasteiger partial charge in [-0.2, -0.15) is 5.10 Å². The van der Waals surface area contributed by atoms with E-state index in [1.54, 1.807) is 0 Å². The van der Waals surface area contributed by atoms with Gasteiger partial charge in [0.05, 0.1) is 24.1 Å². The van der Waals surface area contributed by atoms with Crippen LogP contribution in [-0.4, -0.2) is 23.4 Å². The molecule has 1 N–H and O–H groups in total. The van der Waals surface area contributed by atoms with Crippen molar-refractivity contribution in [1.82, 2.24) is 4.68 Å². The molecule has 0 fully saturated rings. The van der Waals surface area contributed by atoms with Gasteiger partial charge in [-0.05, 0) is 36.2 Å². The van der Waals surface area contributed by atoms with Crippen LogP contribution in [0.4, 0.5) is 5.69 Å². The molecule has 4 aromatic rings. The summed E-state index contributed by atoms with van der Waals surface area (Å²) in [5.41, 5.74) is 5.78. The summed E-state index contributed by atoms with van der Waals surface area (Å²) in [6, 6.07) is 24.1. The van der Waals surface area contributed by atoms with Crippen molar-refractivity contribution < 1.29 is 9.53 Å². The number of benzene rings is 3. The molecule has 2 heterocycles. The average molecular weight is 455 g/mol. The lowest BCUT2D eigenvalue weighted by atomic mass is 10.1. The summed E-state index contributed by atoms with van der Waals surface area (Å²) < 4.78 is 7.35. The van der Waals surface area contributed by atoms with Gasteiger partial charge in [0, 0.05) is 10.9 Å². The van der Waals surface area contributed by atoms with Crippen LogP contribution in [0.2, 0.25) is 0 Å². The Hall–Kier alpha value is -3.97. The highest BCUT2D eigenvalue weighted by molar-refractivity contribution is 7.07. The summed E-state index contributed by atoms with van der Waals surface area (Å²) in [4.78, 5) is 17.4. The van der Waals surface area contributed by atoms with Crippen LogP contribution >= 0.6 is 11.3 Å². The topological polar surface area (TPSA) is 68.0 Å². The van der Waals surface area contributed by atoms with Crippen LogP contribution in [-0.2, 0) is 11.3 Å². The fourth-order valence-electron chi connectivity index (χ4n) is 3.58. The van der Waals surface area contributed by atoms with Crippen LogP contribution in [0.5, 0.6) is 5.75 Å². The molecular formula is C26H22N4O2S. The molecule has 5 rings (SSSR count). The van der Waals surface area contributed by atoms with Gasteiger partial charge < -0.3 is 10.1 Å². The van der Waals surface area contributed by atoms with E-state index in [4.69, 9.17) is 14.8 Å². The zero-order valence-electron chi connectivity index (χ0n) is 18.1. The van der Waals surface area contributed by atoms with Crippen LogP contribution < -0.4 is 14.9 Å². The number of anilines is 1. The number of nitrogens with zero attached hydrogens (tertiary/aromatic N) is 3. The number of rotatable bonds is 5. The third kappa shape index (κ3) is 4.78. The maximum Gasteiger partial charge on any atom is 0.262 e. The standard InChI is InChI=1S/C26H22N4O2S/c1-18-6-5-9-20(12-18)15-28-30-23(17-33-26(30)27-14-19-7-3-2-4-8-19)21-10-11-24-22(13-21)29-25(31)16-32-24/h2-13,15,17H,14,16H2,1H3,(H,29,31). The summed E-state index contributed by atoms with van der Waals surface area (Å²) >= 11 is 1.53. The average Bonchev–Trinajstić information content (AvgIpc) is 3.24. The molecular weight excluding hydrogens is 432 g/mol. The van der Waals surface area contributed by atoms with Gasteiger partial charge in [0.1, 0.15) is 5.75 Å². The minimum absolute atomic E-state index is 0.0358. The Balaban J connectivity index is 1.57. The van der Waals surface area contributed by atoms with E-state index in [0.29, 0.717) is 18.0 Å². The summed E-state index contributed by atoms with van der Waals surface area (Å²) in [6.45, 7) is 2.66. The molecule has 0 spiro atoms. The molecule has 3 aromatic carbocycles. The predicted molar refractivity (Wildman–Crippen MR) is 132 cm³/mol. The minimum atomic E-state index is -0.158. The second-order valence-corrected chi connectivity index (χ2v) is 8.56. The number of hydrogen-bond donors (Lipinski definition) is 1. The second kappa shape index (κ2) is 9.26. The number of ether oxygens (including phenoxy) is 1. The number of fused-ring (bicyclic) bond motifs is 1. The third-order valence-electron chi connectivity index (χ3n) is 5.20. The lowest BCUT2D eigenvalue weighted by Gasteiger charge is -2.18. The van der Waals surface area contributed by atoms with E-state index < -0.39 is 0 Å².